The zero-order valence-corrected chi connectivity index (χ0v) is 16.3. The Hall–Kier alpha value is -2.54. The molecule has 8 heteroatoms. The lowest BCUT2D eigenvalue weighted by molar-refractivity contribution is -0.125. The van der Waals surface area contributed by atoms with Crippen molar-refractivity contribution in [1.82, 2.24) is 20.5 Å². The Bertz CT molecular complexity index is 1030. The minimum Gasteiger partial charge on any atom is -0.423 e. The number of carbonyl (C=O) groups excluding carboxylic acids is 1. The Balaban J connectivity index is 1.24. The van der Waals surface area contributed by atoms with E-state index < -0.39 is 0 Å². The first-order valence-electron chi connectivity index (χ1n) is 9.81. The molecule has 1 fully saturated rings. The number of aryl methyl sites for hydroxylation is 1. The number of halogens is 1. The van der Waals surface area contributed by atoms with E-state index >= 15 is 0 Å². The summed E-state index contributed by atoms with van der Waals surface area (Å²) in [5, 5.41) is 11.2. The van der Waals surface area contributed by atoms with Gasteiger partial charge in [0.1, 0.15) is 5.52 Å². The lowest BCUT2D eigenvalue weighted by atomic mass is 9.97. The second kappa shape index (κ2) is 7.13. The number of H-pyrrole nitrogens is 1. The number of oxazole rings is 1. The zero-order valence-electron chi connectivity index (χ0n) is 15.5. The zero-order chi connectivity index (χ0) is 19.1. The van der Waals surface area contributed by atoms with Crippen molar-refractivity contribution in [3.8, 4) is 0 Å². The number of rotatable bonds is 4. The number of amides is 1. The minimum absolute atomic E-state index is 0.0682. The van der Waals surface area contributed by atoms with Crippen LogP contribution in [0.4, 0.5) is 6.01 Å². The van der Waals surface area contributed by atoms with Crippen LogP contribution in [0.3, 0.4) is 0 Å². The summed E-state index contributed by atoms with van der Waals surface area (Å²) in [6, 6.07) is 5.96. The summed E-state index contributed by atoms with van der Waals surface area (Å²) in [5.41, 5.74) is 4.93. The Kier molecular flexibility index (Phi) is 4.47. The lowest BCUT2D eigenvalue weighted by Crippen LogP contribution is -2.43. The Morgan fingerprint density at radius 2 is 2.29 bits per heavy atom. The Morgan fingerprint density at radius 3 is 3.21 bits per heavy atom. The molecule has 0 radical (unpaired) electrons. The molecule has 2 aliphatic rings. The predicted octanol–water partition coefficient (Wildman–Crippen LogP) is 3.23. The molecule has 1 amide bonds. The van der Waals surface area contributed by atoms with Crippen molar-refractivity contribution in [2.75, 3.05) is 18.0 Å². The average molecular weight is 400 g/mol. The molecule has 28 heavy (non-hydrogen) atoms. The summed E-state index contributed by atoms with van der Waals surface area (Å²) in [6.07, 6.45) is 5.07. The van der Waals surface area contributed by atoms with Gasteiger partial charge in [0.05, 0.1) is 18.2 Å². The molecule has 1 aliphatic heterocycles. The van der Waals surface area contributed by atoms with Gasteiger partial charge in [-0.15, -0.1) is 0 Å². The van der Waals surface area contributed by atoms with Crippen LogP contribution in [0.25, 0.3) is 11.1 Å². The van der Waals surface area contributed by atoms with Crippen LogP contribution in [-0.4, -0.2) is 34.2 Å². The van der Waals surface area contributed by atoms with E-state index in [-0.39, 0.29) is 11.8 Å². The number of nitrogens with zero attached hydrogens (tertiary/aromatic N) is 3. The third kappa shape index (κ3) is 3.24. The minimum atomic E-state index is -0.0839. The smallest absolute Gasteiger partial charge is 0.298 e. The molecule has 146 valence electrons. The molecule has 1 unspecified atom stereocenters. The van der Waals surface area contributed by atoms with E-state index in [4.69, 9.17) is 16.0 Å². The van der Waals surface area contributed by atoms with Gasteiger partial charge in [-0.1, -0.05) is 11.6 Å². The second-order valence-electron chi connectivity index (χ2n) is 7.59. The van der Waals surface area contributed by atoms with Crippen molar-refractivity contribution in [2.24, 2.45) is 5.92 Å². The first-order valence-corrected chi connectivity index (χ1v) is 10.2. The number of hydrogen-bond acceptors (Lipinski definition) is 5. The third-order valence-electron chi connectivity index (χ3n) is 5.72. The van der Waals surface area contributed by atoms with Gasteiger partial charge in [0.25, 0.3) is 6.01 Å². The standard InChI is InChI=1S/C20H22ClN5O2/c21-13-6-7-18-16(9-13)23-20(28-18)26-8-2-3-12(11-26)19(27)22-10-17-14-4-1-5-15(14)24-25-17/h6-7,9,12H,1-5,8,10-11H2,(H,22,27)(H,24,25). The molecule has 5 rings (SSSR count). The summed E-state index contributed by atoms with van der Waals surface area (Å²) in [4.78, 5) is 19.3. The summed E-state index contributed by atoms with van der Waals surface area (Å²) in [6.45, 7) is 1.92. The van der Waals surface area contributed by atoms with E-state index in [1.165, 1.54) is 11.3 Å². The van der Waals surface area contributed by atoms with Gasteiger partial charge in [-0.25, -0.2) is 0 Å². The molecule has 0 bridgehead atoms. The molecule has 3 heterocycles. The largest absolute Gasteiger partial charge is 0.423 e. The SMILES string of the molecule is O=C(NCc1n[nH]c2c1CCC2)C1CCCN(c2nc3cc(Cl)ccc3o2)C1. The van der Waals surface area contributed by atoms with Crippen molar-refractivity contribution in [1.29, 1.82) is 0 Å². The fourth-order valence-corrected chi connectivity index (χ4v) is 4.40. The van der Waals surface area contributed by atoms with Gasteiger partial charge in [-0.05, 0) is 55.9 Å². The number of aromatic amines is 1. The average Bonchev–Trinajstić information content (AvgIpc) is 3.41. The van der Waals surface area contributed by atoms with Crippen LogP contribution in [-0.2, 0) is 24.2 Å². The molecule has 2 N–H and O–H groups in total. The van der Waals surface area contributed by atoms with Crippen molar-refractivity contribution in [3.63, 3.8) is 0 Å². The fourth-order valence-electron chi connectivity index (χ4n) is 4.24. The molecule has 1 atom stereocenters. The normalized spacial score (nSPS) is 19.2. The molecular formula is C20H22ClN5O2. The summed E-state index contributed by atoms with van der Waals surface area (Å²) >= 11 is 6.04. The molecule has 2 aromatic heterocycles. The summed E-state index contributed by atoms with van der Waals surface area (Å²) < 4.78 is 5.87. The van der Waals surface area contributed by atoms with Crippen LogP contribution in [0, 0.1) is 5.92 Å². The van der Waals surface area contributed by atoms with Crippen LogP contribution < -0.4 is 10.2 Å². The molecule has 1 aromatic carbocycles. The number of piperidine rings is 1. The second-order valence-corrected chi connectivity index (χ2v) is 8.03. The van der Waals surface area contributed by atoms with E-state index in [0.29, 0.717) is 29.7 Å². The van der Waals surface area contributed by atoms with Gasteiger partial charge in [0.2, 0.25) is 5.91 Å². The number of carbonyl (C=O) groups is 1. The molecule has 0 spiro atoms. The summed E-state index contributed by atoms with van der Waals surface area (Å²) in [5.74, 6) is -0.0158. The molecule has 0 saturated carbocycles. The van der Waals surface area contributed by atoms with E-state index in [9.17, 15) is 4.79 Å². The number of hydrogen-bond donors (Lipinski definition) is 2. The fraction of sp³-hybridized carbons (Fsp3) is 0.450. The number of benzene rings is 1. The monoisotopic (exact) mass is 399 g/mol. The van der Waals surface area contributed by atoms with Gasteiger partial charge in [0.15, 0.2) is 5.58 Å². The van der Waals surface area contributed by atoms with E-state index in [1.54, 1.807) is 12.1 Å². The van der Waals surface area contributed by atoms with Crippen LogP contribution in [0.5, 0.6) is 0 Å². The number of fused-ring (bicyclic) bond motifs is 2. The number of nitrogens with one attached hydrogen (secondary N) is 2. The van der Waals surface area contributed by atoms with E-state index in [0.717, 1.165) is 49.9 Å². The molecule has 7 nitrogen and oxygen atoms in total. The van der Waals surface area contributed by atoms with Crippen LogP contribution in [0.1, 0.15) is 36.2 Å². The maximum atomic E-state index is 12.7. The van der Waals surface area contributed by atoms with Gasteiger partial charge in [-0.2, -0.15) is 10.1 Å². The van der Waals surface area contributed by atoms with Crippen LogP contribution >= 0.6 is 11.6 Å². The van der Waals surface area contributed by atoms with Crippen molar-refractivity contribution in [3.05, 3.63) is 40.2 Å². The van der Waals surface area contributed by atoms with Crippen LogP contribution in [0.2, 0.25) is 5.02 Å². The van der Waals surface area contributed by atoms with E-state index in [2.05, 4.69) is 20.5 Å². The highest BCUT2D eigenvalue weighted by molar-refractivity contribution is 6.31. The maximum absolute atomic E-state index is 12.7. The van der Waals surface area contributed by atoms with Crippen molar-refractivity contribution < 1.29 is 9.21 Å². The number of anilines is 1. The highest BCUT2D eigenvalue weighted by Crippen LogP contribution is 2.28. The Morgan fingerprint density at radius 1 is 1.36 bits per heavy atom. The van der Waals surface area contributed by atoms with Gasteiger partial charge < -0.3 is 14.6 Å². The van der Waals surface area contributed by atoms with Crippen molar-refractivity contribution in [2.45, 2.75) is 38.6 Å². The lowest BCUT2D eigenvalue weighted by Gasteiger charge is -2.30. The maximum Gasteiger partial charge on any atom is 0.298 e. The highest BCUT2D eigenvalue weighted by atomic mass is 35.5. The third-order valence-corrected chi connectivity index (χ3v) is 5.96. The van der Waals surface area contributed by atoms with Crippen molar-refractivity contribution >= 4 is 34.6 Å². The molecule has 1 saturated heterocycles. The predicted molar refractivity (Wildman–Crippen MR) is 106 cm³/mol. The first kappa shape index (κ1) is 17.6. The topological polar surface area (TPSA) is 87.0 Å². The van der Waals surface area contributed by atoms with Gasteiger partial charge >= 0.3 is 0 Å². The van der Waals surface area contributed by atoms with Gasteiger partial charge in [-0.3, -0.25) is 9.89 Å². The molecular weight excluding hydrogens is 378 g/mol. The quantitative estimate of drug-likeness (QED) is 0.703. The molecule has 1 aliphatic carbocycles. The highest BCUT2D eigenvalue weighted by Gasteiger charge is 2.29. The van der Waals surface area contributed by atoms with E-state index in [1.807, 2.05) is 11.0 Å². The number of aromatic nitrogens is 3. The Labute approximate surface area is 167 Å². The van der Waals surface area contributed by atoms with Crippen LogP contribution in [0.15, 0.2) is 22.6 Å². The summed E-state index contributed by atoms with van der Waals surface area (Å²) in [7, 11) is 0. The van der Waals surface area contributed by atoms with Gasteiger partial charge in [0, 0.05) is 23.8 Å². The molecule has 3 aromatic rings. The first-order chi connectivity index (χ1) is 13.7.